The van der Waals surface area contributed by atoms with Gasteiger partial charge in [-0.05, 0) is 42.9 Å². The van der Waals surface area contributed by atoms with Crippen LogP contribution in [0.25, 0.3) is 0 Å². The summed E-state index contributed by atoms with van der Waals surface area (Å²) in [5.41, 5.74) is 6.36. The molecule has 0 bridgehead atoms. The number of hydrogen-bond donors (Lipinski definition) is 2. The van der Waals surface area contributed by atoms with Crippen molar-refractivity contribution in [3.63, 3.8) is 0 Å². The van der Waals surface area contributed by atoms with Gasteiger partial charge in [0, 0.05) is 6.20 Å². The van der Waals surface area contributed by atoms with Crippen LogP contribution in [0.1, 0.15) is 53.9 Å². The number of aromatic nitrogens is 2. The van der Waals surface area contributed by atoms with Crippen LogP contribution in [0.5, 0.6) is 0 Å². The fourth-order valence-corrected chi connectivity index (χ4v) is 2.72. The average molecular weight is 268 g/mol. The second-order valence-electron chi connectivity index (χ2n) is 5.43. The molecule has 0 spiro atoms. The van der Waals surface area contributed by atoms with Crippen LogP contribution in [0.3, 0.4) is 0 Å². The van der Waals surface area contributed by atoms with Crippen molar-refractivity contribution >= 4 is 0 Å². The first kappa shape index (κ1) is 13.2. The van der Waals surface area contributed by atoms with Crippen molar-refractivity contribution in [2.45, 2.75) is 38.1 Å². The standard InChI is InChI=1S/C16H20N4/c1-11-18-9-8-15(19-11)16(20-17)14-7-3-6-13(10-14)12-4-2-5-12/h3,6-10,12,16,20H,2,4-5,17H2,1H3. The molecule has 1 fully saturated rings. The van der Waals surface area contributed by atoms with Gasteiger partial charge < -0.3 is 0 Å². The third kappa shape index (κ3) is 2.57. The van der Waals surface area contributed by atoms with Crippen LogP contribution in [-0.4, -0.2) is 9.97 Å². The molecule has 1 heterocycles. The monoisotopic (exact) mass is 268 g/mol. The number of rotatable bonds is 4. The average Bonchev–Trinajstić information content (AvgIpc) is 2.38. The van der Waals surface area contributed by atoms with Crippen LogP contribution in [0.2, 0.25) is 0 Å². The highest BCUT2D eigenvalue weighted by atomic mass is 15.2. The molecule has 3 N–H and O–H groups in total. The van der Waals surface area contributed by atoms with Gasteiger partial charge in [0.15, 0.2) is 0 Å². The molecule has 1 unspecified atom stereocenters. The molecule has 0 radical (unpaired) electrons. The molecule has 20 heavy (non-hydrogen) atoms. The summed E-state index contributed by atoms with van der Waals surface area (Å²) in [6.07, 6.45) is 5.73. The molecule has 2 aromatic rings. The van der Waals surface area contributed by atoms with Crippen molar-refractivity contribution < 1.29 is 0 Å². The van der Waals surface area contributed by atoms with E-state index < -0.39 is 0 Å². The lowest BCUT2D eigenvalue weighted by Crippen LogP contribution is -2.30. The van der Waals surface area contributed by atoms with Gasteiger partial charge >= 0.3 is 0 Å². The van der Waals surface area contributed by atoms with Gasteiger partial charge in [-0.25, -0.2) is 15.4 Å². The van der Waals surface area contributed by atoms with Crippen molar-refractivity contribution in [3.8, 4) is 0 Å². The molecule has 0 saturated heterocycles. The first-order chi connectivity index (χ1) is 9.78. The van der Waals surface area contributed by atoms with E-state index in [0.717, 1.165) is 23.0 Å². The zero-order valence-electron chi connectivity index (χ0n) is 11.7. The maximum atomic E-state index is 5.75. The smallest absolute Gasteiger partial charge is 0.125 e. The van der Waals surface area contributed by atoms with Crippen LogP contribution in [-0.2, 0) is 0 Å². The minimum Gasteiger partial charge on any atom is -0.271 e. The van der Waals surface area contributed by atoms with Crippen molar-refractivity contribution in [1.29, 1.82) is 0 Å². The van der Waals surface area contributed by atoms with Crippen LogP contribution in [0.4, 0.5) is 0 Å². The van der Waals surface area contributed by atoms with E-state index in [2.05, 4.69) is 39.7 Å². The van der Waals surface area contributed by atoms with Crippen molar-refractivity contribution in [2.75, 3.05) is 0 Å². The summed E-state index contributed by atoms with van der Waals surface area (Å²) < 4.78 is 0. The summed E-state index contributed by atoms with van der Waals surface area (Å²) in [5.74, 6) is 7.23. The molecular weight excluding hydrogens is 248 g/mol. The Morgan fingerprint density at radius 2 is 2.15 bits per heavy atom. The Labute approximate surface area is 119 Å². The number of benzene rings is 1. The third-order valence-corrected chi connectivity index (χ3v) is 4.08. The molecule has 4 nitrogen and oxygen atoms in total. The number of hydrazine groups is 1. The van der Waals surface area contributed by atoms with E-state index in [1.807, 2.05) is 13.0 Å². The molecule has 0 aliphatic heterocycles. The van der Waals surface area contributed by atoms with E-state index in [1.54, 1.807) is 6.20 Å². The first-order valence-electron chi connectivity index (χ1n) is 7.13. The lowest BCUT2D eigenvalue weighted by Gasteiger charge is -2.27. The van der Waals surface area contributed by atoms with Crippen LogP contribution < -0.4 is 11.3 Å². The van der Waals surface area contributed by atoms with Gasteiger partial charge in [0.25, 0.3) is 0 Å². The van der Waals surface area contributed by atoms with Crippen molar-refractivity contribution in [3.05, 3.63) is 59.2 Å². The maximum Gasteiger partial charge on any atom is 0.125 e. The Morgan fingerprint density at radius 3 is 2.80 bits per heavy atom. The highest BCUT2D eigenvalue weighted by Crippen LogP contribution is 2.37. The second kappa shape index (κ2) is 5.69. The Balaban J connectivity index is 1.92. The highest BCUT2D eigenvalue weighted by Gasteiger charge is 2.21. The van der Waals surface area contributed by atoms with E-state index in [9.17, 15) is 0 Å². The second-order valence-corrected chi connectivity index (χ2v) is 5.43. The minimum atomic E-state index is -0.0864. The van der Waals surface area contributed by atoms with Crippen LogP contribution >= 0.6 is 0 Å². The zero-order valence-corrected chi connectivity index (χ0v) is 11.7. The minimum absolute atomic E-state index is 0.0864. The summed E-state index contributed by atoms with van der Waals surface area (Å²) in [6.45, 7) is 1.89. The fourth-order valence-electron chi connectivity index (χ4n) is 2.72. The Morgan fingerprint density at radius 1 is 1.30 bits per heavy atom. The molecule has 1 saturated carbocycles. The topological polar surface area (TPSA) is 63.8 Å². The van der Waals surface area contributed by atoms with E-state index in [-0.39, 0.29) is 6.04 Å². The van der Waals surface area contributed by atoms with Gasteiger partial charge in [0.05, 0.1) is 11.7 Å². The van der Waals surface area contributed by atoms with Gasteiger partial charge in [-0.2, -0.15) is 0 Å². The van der Waals surface area contributed by atoms with Crippen molar-refractivity contribution in [2.24, 2.45) is 5.84 Å². The van der Waals surface area contributed by atoms with Crippen LogP contribution in [0, 0.1) is 6.92 Å². The normalized spacial score (nSPS) is 16.7. The SMILES string of the molecule is Cc1nccc(C(NN)c2cccc(C3CCC3)c2)n1. The molecule has 0 amide bonds. The van der Waals surface area contributed by atoms with E-state index >= 15 is 0 Å². The quantitative estimate of drug-likeness (QED) is 0.661. The molecule has 1 aliphatic rings. The third-order valence-electron chi connectivity index (χ3n) is 4.08. The highest BCUT2D eigenvalue weighted by molar-refractivity contribution is 5.33. The number of aryl methyl sites for hydroxylation is 1. The number of nitrogens with zero attached hydrogens (tertiary/aromatic N) is 2. The van der Waals surface area contributed by atoms with E-state index in [0.29, 0.717) is 0 Å². The molecular formula is C16H20N4. The lowest BCUT2D eigenvalue weighted by molar-refractivity contribution is 0.419. The predicted molar refractivity (Wildman–Crippen MR) is 79.0 cm³/mol. The Hall–Kier alpha value is -1.78. The summed E-state index contributed by atoms with van der Waals surface area (Å²) in [7, 11) is 0. The molecule has 1 atom stereocenters. The van der Waals surface area contributed by atoms with E-state index in [1.165, 1.54) is 24.8 Å². The fraction of sp³-hybridized carbons (Fsp3) is 0.375. The number of nitrogens with two attached hydrogens (primary N) is 1. The molecule has 1 aromatic heterocycles. The molecule has 1 aliphatic carbocycles. The molecule has 4 heteroatoms. The largest absolute Gasteiger partial charge is 0.271 e. The summed E-state index contributed by atoms with van der Waals surface area (Å²) in [5, 5.41) is 0. The number of hydrogen-bond acceptors (Lipinski definition) is 4. The summed E-state index contributed by atoms with van der Waals surface area (Å²) in [4.78, 5) is 8.61. The van der Waals surface area contributed by atoms with Gasteiger partial charge in [0.1, 0.15) is 5.82 Å². The predicted octanol–water partition coefficient (Wildman–Crippen LogP) is 2.61. The Bertz CT molecular complexity index is 593. The molecule has 104 valence electrons. The van der Waals surface area contributed by atoms with Gasteiger partial charge in [-0.1, -0.05) is 30.7 Å². The first-order valence-corrected chi connectivity index (χ1v) is 7.13. The van der Waals surface area contributed by atoms with Crippen molar-refractivity contribution in [1.82, 2.24) is 15.4 Å². The van der Waals surface area contributed by atoms with Crippen LogP contribution in [0.15, 0.2) is 36.5 Å². The number of nitrogens with one attached hydrogen (secondary N) is 1. The Kier molecular flexibility index (Phi) is 3.76. The molecule has 3 rings (SSSR count). The zero-order chi connectivity index (χ0) is 13.9. The lowest BCUT2D eigenvalue weighted by atomic mass is 9.79. The van der Waals surface area contributed by atoms with Gasteiger partial charge in [0.2, 0.25) is 0 Å². The van der Waals surface area contributed by atoms with Gasteiger partial charge in [-0.3, -0.25) is 5.84 Å². The summed E-state index contributed by atoms with van der Waals surface area (Å²) >= 11 is 0. The summed E-state index contributed by atoms with van der Waals surface area (Å²) in [6, 6.07) is 10.5. The van der Waals surface area contributed by atoms with E-state index in [4.69, 9.17) is 5.84 Å². The molecule has 1 aromatic carbocycles. The maximum absolute atomic E-state index is 5.75. The van der Waals surface area contributed by atoms with Gasteiger partial charge in [-0.15, -0.1) is 0 Å².